The standard InChI is InChI=1S/C20H42O4/c1-9-11-12-23-20(14-21-13-17(3)4,15-22-18(5)10-2)16-24-19(6,7)8/h17-18H,9-16H2,1-8H3. The van der Waals surface area contributed by atoms with Gasteiger partial charge in [-0.2, -0.15) is 0 Å². The lowest BCUT2D eigenvalue weighted by atomic mass is 10.1. The first-order valence-corrected chi connectivity index (χ1v) is 9.61. The zero-order valence-corrected chi connectivity index (χ0v) is 17.4. The predicted molar refractivity (Wildman–Crippen MR) is 101 cm³/mol. The van der Waals surface area contributed by atoms with Crippen LogP contribution in [0.25, 0.3) is 0 Å². The quantitative estimate of drug-likeness (QED) is 0.422. The van der Waals surface area contributed by atoms with Gasteiger partial charge in [-0.15, -0.1) is 0 Å². The van der Waals surface area contributed by atoms with E-state index in [9.17, 15) is 0 Å². The maximum Gasteiger partial charge on any atom is 0.138 e. The minimum absolute atomic E-state index is 0.207. The Labute approximate surface area is 150 Å². The first kappa shape index (κ1) is 23.8. The van der Waals surface area contributed by atoms with Crippen molar-refractivity contribution >= 4 is 0 Å². The van der Waals surface area contributed by atoms with Crippen molar-refractivity contribution in [2.24, 2.45) is 5.92 Å². The van der Waals surface area contributed by atoms with Gasteiger partial charge in [-0.25, -0.2) is 0 Å². The van der Waals surface area contributed by atoms with Gasteiger partial charge in [0.15, 0.2) is 0 Å². The summed E-state index contributed by atoms with van der Waals surface area (Å²) in [5.41, 5.74) is -0.755. The average Bonchev–Trinajstić information content (AvgIpc) is 2.49. The number of unbranched alkanes of at least 4 members (excludes halogenated alkanes) is 1. The molecule has 0 aliphatic rings. The molecule has 4 heteroatoms. The van der Waals surface area contributed by atoms with Gasteiger partial charge >= 0.3 is 0 Å². The Hall–Kier alpha value is -0.160. The summed E-state index contributed by atoms with van der Waals surface area (Å²) in [7, 11) is 0. The average molecular weight is 347 g/mol. The molecule has 0 saturated carbocycles. The highest BCUT2D eigenvalue weighted by molar-refractivity contribution is 4.83. The molecule has 0 fully saturated rings. The van der Waals surface area contributed by atoms with E-state index in [-0.39, 0.29) is 11.7 Å². The van der Waals surface area contributed by atoms with Crippen molar-refractivity contribution in [1.29, 1.82) is 0 Å². The molecule has 0 spiro atoms. The third kappa shape index (κ3) is 12.2. The SMILES string of the molecule is CCCCOC(COCC(C)C)(COC(C)CC)COC(C)(C)C. The molecule has 0 radical (unpaired) electrons. The minimum atomic E-state index is -0.541. The molecule has 0 aliphatic carbocycles. The van der Waals surface area contributed by atoms with Crippen molar-refractivity contribution in [2.45, 2.75) is 92.0 Å². The molecule has 2 atom stereocenters. The highest BCUT2D eigenvalue weighted by Crippen LogP contribution is 2.20. The maximum absolute atomic E-state index is 6.27. The van der Waals surface area contributed by atoms with E-state index in [0.717, 1.165) is 25.9 Å². The molecule has 0 aromatic heterocycles. The molecular weight excluding hydrogens is 304 g/mol. The zero-order valence-electron chi connectivity index (χ0n) is 17.4. The second-order valence-corrected chi connectivity index (χ2v) is 8.22. The van der Waals surface area contributed by atoms with Crippen LogP contribution < -0.4 is 0 Å². The van der Waals surface area contributed by atoms with Crippen molar-refractivity contribution in [3.63, 3.8) is 0 Å². The molecule has 0 aromatic carbocycles. The third-order valence-corrected chi connectivity index (χ3v) is 3.70. The van der Waals surface area contributed by atoms with E-state index in [0.29, 0.717) is 32.3 Å². The number of hydrogen-bond acceptors (Lipinski definition) is 4. The summed E-state index contributed by atoms with van der Waals surface area (Å²) < 4.78 is 24.3. The fourth-order valence-electron chi connectivity index (χ4n) is 1.92. The van der Waals surface area contributed by atoms with Crippen LogP contribution in [0.4, 0.5) is 0 Å². The van der Waals surface area contributed by atoms with E-state index >= 15 is 0 Å². The third-order valence-electron chi connectivity index (χ3n) is 3.70. The van der Waals surface area contributed by atoms with Gasteiger partial charge in [0.05, 0.1) is 31.5 Å². The molecular formula is C20H42O4. The van der Waals surface area contributed by atoms with Crippen LogP contribution >= 0.6 is 0 Å². The Balaban J connectivity index is 4.97. The first-order valence-electron chi connectivity index (χ1n) is 9.61. The number of hydrogen-bond donors (Lipinski definition) is 0. The molecule has 0 heterocycles. The highest BCUT2D eigenvalue weighted by atomic mass is 16.6. The zero-order chi connectivity index (χ0) is 18.6. The molecule has 0 saturated heterocycles. The molecule has 0 aliphatic heterocycles. The second-order valence-electron chi connectivity index (χ2n) is 8.22. The lowest BCUT2D eigenvalue weighted by Crippen LogP contribution is -2.49. The molecule has 24 heavy (non-hydrogen) atoms. The van der Waals surface area contributed by atoms with E-state index in [4.69, 9.17) is 18.9 Å². The van der Waals surface area contributed by atoms with Crippen LogP contribution in [-0.2, 0) is 18.9 Å². The van der Waals surface area contributed by atoms with Gasteiger partial charge in [0, 0.05) is 13.2 Å². The van der Waals surface area contributed by atoms with Crippen LogP contribution in [0.15, 0.2) is 0 Å². The Morgan fingerprint density at radius 3 is 2.04 bits per heavy atom. The minimum Gasteiger partial charge on any atom is -0.378 e. The normalized spacial score (nSPS) is 16.4. The van der Waals surface area contributed by atoms with Gasteiger partial charge in [0.1, 0.15) is 5.60 Å². The van der Waals surface area contributed by atoms with E-state index in [1.807, 2.05) is 0 Å². The van der Waals surface area contributed by atoms with Crippen LogP contribution in [0.3, 0.4) is 0 Å². The molecule has 4 nitrogen and oxygen atoms in total. The molecule has 0 bridgehead atoms. The maximum atomic E-state index is 6.27. The second kappa shape index (κ2) is 12.2. The van der Waals surface area contributed by atoms with Crippen molar-refractivity contribution in [2.75, 3.05) is 33.0 Å². The topological polar surface area (TPSA) is 36.9 Å². The fourth-order valence-corrected chi connectivity index (χ4v) is 1.92. The summed E-state index contributed by atoms with van der Waals surface area (Å²) in [5, 5.41) is 0. The monoisotopic (exact) mass is 346 g/mol. The molecule has 2 unspecified atom stereocenters. The van der Waals surface area contributed by atoms with Crippen molar-refractivity contribution < 1.29 is 18.9 Å². The van der Waals surface area contributed by atoms with E-state index in [2.05, 4.69) is 55.4 Å². The first-order chi connectivity index (χ1) is 11.1. The van der Waals surface area contributed by atoms with Gasteiger partial charge in [-0.3, -0.25) is 0 Å². The van der Waals surface area contributed by atoms with Crippen LogP contribution in [-0.4, -0.2) is 50.3 Å². The van der Waals surface area contributed by atoms with E-state index in [1.54, 1.807) is 0 Å². The number of ether oxygens (including phenoxy) is 4. The van der Waals surface area contributed by atoms with Crippen molar-refractivity contribution in [3.8, 4) is 0 Å². The summed E-state index contributed by atoms with van der Waals surface area (Å²) in [5.74, 6) is 0.498. The summed E-state index contributed by atoms with van der Waals surface area (Å²) in [4.78, 5) is 0. The van der Waals surface area contributed by atoms with Gasteiger partial charge < -0.3 is 18.9 Å². The lowest BCUT2D eigenvalue weighted by molar-refractivity contribution is -0.191. The van der Waals surface area contributed by atoms with E-state index < -0.39 is 5.60 Å². The van der Waals surface area contributed by atoms with Crippen LogP contribution in [0, 0.1) is 5.92 Å². The van der Waals surface area contributed by atoms with Crippen molar-refractivity contribution in [1.82, 2.24) is 0 Å². The molecule has 0 N–H and O–H groups in total. The molecule has 0 aromatic rings. The molecule has 0 amide bonds. The van der Waals surface area contributed by atoms with Gasteiger partial charge in [0.25, 0.3) is 0 Å². The smallest absolute Gasteiger partial charge is 0.138 e. The summed E-state index contributed by atoms with van der Waals surface area (Å²) in [6.07, 6.45) is 3.33. The van der Waals surface area contributed by atoms with Gasteiger partial charge in [0.2, 0.25) is 0 Å². The van der Waals surface area contributed by atoms with Crippen molar-refractivity contribution in [3.05, 3.63) is 0 Å². The van der Waals surface area contributed by atoms with Gasteiger partial charge in [-0.1, -0.05) is 34.1 Å². The van der Waals surface area contributed by atoms with Crippen LogP contribution in [0.2, 0.25) is 0 Å². The largest absolute Gasteiger partial charge is 0.378 e. The highest BCUT2D eigenvalue weighted by Gasteiger charge is 2.35. The molecule has 0 rings (SSSR count). The van der Waals surface area contributed by atoms with Crippen LogP contribution in [0.1, 0.15) is 74.7 Å². The predicted octanol–water partition coefficient (Wildman–Crippen LogP) is 4.84. The lowest BCUT2D eigenvalue weighted by Gasteiger charge is -2.36. The van der Waals surface area contributed by atoms with E-state index in [1.165, 1.54) is 0 Å². The number of rotatable bonds is 14. The Morgan fingerprint density at radius 2 is 1.54 bits per heavy atom. The summed E-state index contributed by atoms with van der Waals surface area (Å²) in [6, 6.07) is 0. The van der Waals surface area contributed by atoms with Crippen LogP contribution in [0.5, 0.6) is 0 Å². The summed E-state index contributed by atoms with van der Waals surface area (Å²) in [6.45, 7) is 19.8. The summed E-state index contributed by atoms with van der Waals surface area (Å²) >= 11 is 0. The molecule has 146 valence electrons. The Kier molecular flexibility index (Phi) is 12.2. The Morgan fingerprint density at radius 1 is 0.875 bits per heavy atom. The fraction of sp³-hybridized carbons (Fsp3) is 1.00. The Bertz CT molecular complexity index is 299. The van der Waals surface area contributed by atoms with Gasteiger partial charge in [-0.05, 0) is 46.5 Å².